The lowest BCUT2D eigenvalue weighted by Crippen LogP contribution is -2.49. The number of piperazine rings is 1. The van der Waals surface area contributed by atoms with E-state index in [1.165, 1.54) is 54.7 Å². The topological polar surface area (TPSA) is 44.7 Å². The van der Waals surface area contributed by atoms with Gasteiger partial charge in [0, 0.05) is 63.2 Å². The fraction of sp³-hybridized carbons (Fsp3) is 0.760. The second-order valence-electron chi connectivity index (χ2n) is 9.74. The highest BCUT2D eigenvalue weighted by molar-refractivity contribution is 7.19. The van der Waals surface area contributed by atoms with Gasteiger partial charge >= 0.3 is 0 Å². The molecule has 176 valence electrons. The largest absolute Gasteiger partial charge is 0.379 e. The molecule has 0 radical (unpaired) electrons. The number of hydrogen-bond acceptors (Lipinski definition) is 7. The van der Waals surface area contributed by atoms with Crippen molar-refractivity contribution >= 4 is 27.4 Å². The third-order valence-electron chi connectivity index (χ3n) is 7.62. The summed E-state index contributed by atoms with van der Waals surface area (Å²) < 4.78 is 5.49. The molecule has 6 nitrogen and oxygen atoms in total. The number of rotatable bonds is 6. The van der Waals surface area contributed by atoms with Crippen LogP contribution in [0.15, 0.2) is 0 Å². The van der Waals surface area contributed by atoms with Gasteiger partial charge in [-0.2, -0.15) is 0 Å². The normalized spacial score (nSPS) is 22.1. The van der Waals surface area contributed by atoms with Gasteiger partial charge in [-0.15, -0.1) is 11.3 Å². The second kappa shape index (κ2) is 10.3. The third kappa shape index (κ3) is 4.81. The van der Waals surface area contributed by atoms with E-state index in [0.29, 0.717) is 5.92 Å². The molecule has 0 aromatic carbocycles. The highest BCUT2D eigenvalue weighted by Gasteiger charge is 2.26. The van der Waals surface area contributed by atoms with Crippen molar-refractivity contribution in [2.75, 3.05) is 70.5 Å². The molecule has 2 aromatic heterocycles. The van der Waals surface area contributed by atoms with Crippen LogP contribution in [0.25, 0.3) is 10.2 Å². The summed E-state index contributed by atoms with van der Waals surface area (Å²) in [6.07, 6.45) is 7.50. The van der Waals surface area contributed by atoms with E-state index in [9.17, 15) is 0 Å². The Bertz CT molecular complexity index is 901. The van der Waals surface area contributed by atoms with Crippen LogP contribution >= 0.6 is 11.3 Å². The Labute approximate surface area is 197 Å². The molecular weight excluding hydrogens is 418 g/mol. The van der Waals surface area contributed by atoms with Crippen molar-refractivity contribution in [1.29, 1.82) is 0 Å². The van der Waals surface area contributed by atoms with Gasteiger partial charge < -0.3 is 9.64 Å². The first-order valence-electron chi connectivity index (χ1n) is 12.8. The lowest BCUT2D eigenvalue weighted by molar-refractivity contribution is 0.0331. The van der Waals surface area contributed by atoms with Crippen molar-refractivity contribution in [1.82, 2.24) is 19.8 Å². The van der Waals surface area contributed by atoms with Crippen molar-refractivity contribution < 1.29 is 4.74 Å². The number of aryl methyl sites for hydroxylation is 2. The summed E-state index contributed by atoms with van der Waals surface area (Å²) in [6.45, 7) is 15.2. The maximum atomic E-state index is 5.49. The molecule has 0 unspecified atom stereocenters. The average molecular weight is 458 g/mol. The standard InChI is InChI=1S/C25H39N5OS/c1-3-19(2)23-26-24(22-20-7-5-4-6-8-21(20)32-25(22)27-23)30-13-11-28(12-14-30)9-10-29-15-17-31-18-16-29/h19H,3-18H2,1-2H3/t19-/m0/s1. The number of nitrogens with zero attached hydrogens (tertiary/aromatic N) is 5. The Balaban J connectivity index is 1.35. The minimum Gasteiger partial charge on any atom is -0.379 e. The van der Waals surface area contributed by atoms with Gasteiger partial charge in [0.05, 0.1) is 18.6 Å². The van der Waals surface area contributed by atoms with E-state index in [1.54, 1.807) is 10.4 Å². The quantitative estimate of drug-likeness (QED) is 0.613. The van der Waals surface area contributed by atoms with E-state index < -0.39 is 0 Å². The van der Waals surface area contributed by atoms with Crippen LogP contribution < -0.4 is 4.90 Å². The van der Waals surface area contributed by atoms with Crippen LogP contribution in [0.4, 0.5) is 5.82 Å². The summed E-state index contributed by atoms with van der Waals surface area (Å²) in [7, 11) is 0. The second-order valence-corrected chi connectivity index (χ2v) is 10.8. The lowest BCUT2D eigenvalue weighted by Gasteiger charge is -2.37. The molecule has 2 aromatic rings. The van der Waals surface area contributed by atoms with Crippen molar-refractivity contribution in [2.45, 2.75) is 58.3 Å². The van der Waals surface area contributed by atoms with E-state index in [0.717, 1.165) is 71.3 Å². The molecular formula is C25H39N5OS. The van der Waals surface area contributed by atoms with Crippen LogP contribution in [0, 0.1) is 0 Å². The summed E-state index contributed by atoms with van der Waals surface area (Å²) in [5.41, 5.74) is 1.57. The Hall–Kier alpha value is -1.28. The van der Waals surface area contributed by atoms with Crippen LogP contribution in [0.1, 0.15) is 61.7 Å². The van der Waals surface area contributed by atoms with E-state index in [1.807, 2.05) is 11.3 Å². The van der Waals surface area contributed by atoms with Crippen LogP contribution in [0.2, 0.25) is 0 Å². The van der Waals surface area contributed by atoms with Gasteiger partial charge in [0.25, 0.3) is 0 Å². The van der Waals surface area contributed by atoms with Crippen molar-refractivity contribution in [3.05, 3.63) is 16.3 Å². The number of fused-ring (bicyclic) bond motifs is 3. The molecule has 0 N–H and O–H groups in total. The highest BCUT2D eigenvalue weighted by atomic mass is 32.1. The Morgan fingerprint density at radius 1 is 0.906 bits per heavy atom. The minimum absolute atomic E-state index is 0.412. The summed E-state index contributed by atoms with van der Waals surface area (Å²) in [6, 6.07) is 0. The van der Waals surface area contributed by atoms with E-state index in [-0.39, 0.29) is 0 Å². The zero-order chi connectivity index (χ0) is 21.9. The molecule has 3 aliphatic rings. The Morgan fingerprint density at radius 3 is 2.38 bits per heavy atom. The first-order valence-corrected chi connectivity index (χ1v) is 13.6. The zero-order valence-corrected chi connectivity index (χ0v) is 20.8. The van der Waals surface area contributed by atoms with Gasteiger partial charge in [0.1, 0.15) is 16.5 Å². The summed E-state index contributed by atoms with van der Waals surface area (Å²) in [5, 5.41) is 1.39. The Morgan fingerprint density at radius 2 is 1.62 bits per heavy atom. The van der Waals surface area contributed by atoms with Gasteiger partial charge in [-0.1, -0.05) is 20.3 Å². The molecule has 2 aliphatic heterocycles. The van der Waals surface area contributed by atoms with E-state index in [2.05, 4.69) is 28.5 Å². The summed E-state index contributed by atoms with van der Waals surface area (Å²) >= 11 is 1.95. The maximum Gasteiger partial charge on any atom is 0.141 e. The number of thiophene rings is 1. The molecule has 32 heavy (non-hydrogen) atoms. The number of ether oxygens (including phenoxy) is 1. The SMILES string of the molecule is CC[C@H](C)c1nc(N2CCN(CCN3CCOCC3)CC2)c2c3c(sc2n1)CCCCC3. The fourth-order valence-electron chi connectivity index (χ4n) is 5.25. The molecule has 0 saturated carbocycles. The van der Waals surface area contributed by atoms with Gasteiger partial charge in [0.15, 0.2) is 0 Å². The lowest BCUT2D eigenvalue weighted by atomic mass is 10.1. The fourth-order valence-corrected chi connectivity index (χ4v) is 6.52. The molecule has 0 amide bonds. The molecule has 7 heteroatoms. The van der Waals surface area contributed by atoms with Crippen LogP contribution in [-0.4, -0.2) is 85.3 Å². The van der Waals surface area contributed by atoms with E-state index >= 15 is 0 Å². The predicted octanol–water partition coefficient (Wildman–Crippen LogP) is 3.93. The molecule has 4 heterocycles. The number of morpholine rings is 1. The zero-order valence-electron chi connectivity index (χ0n) is 19.9. The molecule has 2 fully saturated rings. The van der Waals surface area contributed by atoms with Gasteiger partial charge in [0.2, 0.25) is 0 Å². The highest BCUT2D eigenvalue weighted by Crippen LogP contribution is 2.40. The predicted molar refractivity (Wildman–Crippen MR) is 133 cm³/mol. The minimum atomic E-state index is 0.412. The van der Waals surface area contributed by atoms with Gasteiger partial charge in [-0.3, -0.25) is 9.80 Å². The third-order valence-corrected chi connectivity index (χ3v) is 8.81. The molecule has 1 aliphatic carbocycles. The monoisotopic (exact) mass is 457 g/mol. The molecule has 2 saturated heterocycles. The number of anilines is 1. The van der Waals surface area contributed by atoms with Crippen LogP contribution in [0.3, 0.4) is 0 Å². The van der Waals surface area contributed by atoms with Crippen molar-refractivity contribution in [3.63, 3.8) is 0 Å². The molecule has 0 spiro atoms. The molecule has 1 atom stereocenters. The molecule has 5 rings (SSSR count). The summed E-state index contributed by atoms with van der Waals surface area (Å²) in [5.74, 6) is 2.69. The number of aromatic nitrogens is 2. The van der Waals surface area contributed by atoms with E-state index in [4.69, 9.17) is 14.7 Å². The van der Waals surface area contributed by atoms with Crippen LogP contribution in [0.5, 0.6) is 0 Å². The maximum absolute atomic E-state index is 5.49. The van der Waals surface area contributed by atoms with Crippen molar-refractivity contribution in [2.24, 2.45) is 0 Å². The van der Waals surface area contributed by atoms with Gasteiger partial charge in [-0.25, -0.2) is 9.97 Å². The van der Waals surface area contributed by atoms with Crippen molar-refractivity contribution in [3.8, 4) is 0 Å². The number of hydrogen-bond donors (Lipinski definition) is 0. The van der Waals surface area contributed by atoms with Gasteiger partial charge in [-0.05, 0) is 37.7 Å². The Kier molecular flexibility index (Phi) is 7.26. The summed E-state index contributed by atoms with van der Waals surface area (Å²) in [4.78, 5) is 20.9. The smallest absolute Gasteiger partial charge is 0.141 e. The first-order chi connectivity index (χ1) is 15.7. The van der Waals surface area contributed by atoms with Crippen LogP contribution in [-0.2, 0) is 17.6 Å². The first kappa shape index (κ1) is 22.5. The average Bonchev–Trinajstić information content (AvgIpc) is 3.03. The molecule has 0 bridgehead atoms.